The maximum atomic E-state index is 11.4. The predicted molar refractivity (Wildman–Crippen MR) is 158 cm³/mol. The fraction of sp³-hybridized carbons (Fsp3) is 0.419. The highest BCUT2D eigenvalue weighted by molar-refractivity contribution is 5.90. The van der Waals surface area contributed by atoms with Gasteiger partial charge in [0.05, 0.1) is 31.7 Å². The summed E-state index contributed by atoms with van der Waals surface area (Å²) in [5, 5.41) is 16.9. The molecule has 6 atom stereocenters. The van der Waals surface area contributed by atoms with Crippen LogP contribution in [0.4, 0.5) is 0 Å². The molecule has 3 amide bonds. The van der Waals surface area contributed by atoms with Crippen LogP contribution < -0.4 is 16.0 Å². The number of hydrogen-bond donors (Lipinski definition) is 4. The van der Waals surface area contributed by atoms with E-state index in [1.54, 1.807) is 77.7 Å². The second kappa shape index (κ2) is 15.9. The minimum absolute atomic E-state index is 0.147. The normalized spacial score (nSPS) is 24.1. The van der Waals surface area contributed by atoms with Gasteiger partial charge in [-0.15, -0.1) is 0 Å². The van der Waals surface area contributed by atoms with Crippen molar-refractivity contribution in [3.05, 3.63) is 84.8 Å². The second-order valence-corrected chi connectivity index (χ2v) is 10.5. The number of ether oxygens (including phenoxy) is 4. The van der Waals surface area contributed by atoms with Gasteiger partial charge in [-0.05, 0) is 57.2 Å². The molecule has 3 saturated heterocycles. The van der Waals surface area contributed by atoms with Crippen molar-refractivity contribution in [2.75, 3.05) is 14.2 Å². The Bertz CT molecular complexity index is 1430. The molecule has 6 heterocycles. The summed E-state index contributed by atoms with van der Waals surface area (Å²) in [6.07, 6.45) is 2.33. The highest BCUT2D eigenvalue weighted by atomic mass is 16.7. The van der Waals surface area contributed by atoms with Gasteiger partial charge in [0.2, 0.25) is 6.10 Å². The molecule has 0 aliphatic carbocycles. The minimum Gasteiger partial charge on any atom is -0.502 e. The first-order chi connectivity index (χ1) is 21.8. The van der Waals surface area contributed by atoms with E-state index in [9.17, 15) is 19.2 Å². The summed E-state index contributed by atoms with van der Waals surface area (Å²) in [4.78, 5) is 43.6. The van der Waals surface area contributed by atoms with E-state index in [4.69, 9.17) is 32.6 Å². The van der Waals surface area contributed by atoms with Crippen molar-refractivity contribution in [3.63, 3.8) is 0 Å². The van der Waals surface area contributed by atoms with Crippen LogP contribution in [0.25, 0.3) is 0 Å². The number of esters is 1. The number of carbonyl (C=O) groups is 4. The second-order valence-electron chi connectivity index (χ2n) is 10.5. The predicted octanol–water partition coefficient (Wildman–Crippen LogP) is 2.58. The Kier molecular flexibility index (Phi) is 12.3. The Morgan fingerprint density at radius 1 is 0.783 bits per heavy atom. The number of rotatable bonds is 8. The Labute approximate surface area is 265 Å². The lowest BCUT2D eigenvalue weighted by atomic mass is 9.99. The topological polar surface area (TPSA) is 201 Å². The molecule has 3 aromatic rings. The lowest BCUT2D eigenvalue weighted by molar-refractivity contribution is -0.239. The van der Waals surface area contributed by atoms with Gasteiger partial charge in [-0.3, -0.25) is 19.2 Å². The zero-order chi connectivity index (χ0) is 34.0. The number of allylic oxidation sites excluding steroid dienone is 1. The summed E-state index contributed by atoms with van der Waals surface area (Å²) < 4.78 is 35.4. The summed E-state index contributed by atoms with van der Waals surface area (Å²) in [6.45, 7) is 10.0. The summed E-state index contributed by atoms with van der Waals surface area (Å²) in [5.41, 5.74) is 0. The molecule has 0 unspecified atom stereocenters. The molecule has 0 aromatic carbocycles. The van der Waals surface area contributed by atoms with Crippen molar-refractivity contribution in [2.24, 2.45) is 0 Å². The van der Waals surface area contributed by atoms with Crippen LogP contribution in [0.3, 0.4) is 0 Å². The lowest BCUT2D eigenvalue weighted by Crippen LogP contribution is -2.59. The van der Waals surface area contributed by atoms with E-state index in [1.807, 2.05) is 0 Å². The van der Waals surface area contributed by atoms with Crippen LogP contribution in [0.1, 0.15) is 63.1 Å². The van der Waals surface area contributed by atoms with Crippen LogP contribution in [0.15, 0.2) is 80.8 Å². The van der Waals surface area contributed by atoms with Crippen molar-refractivity contribution < 1.29 is 56.5 Å². The van der Waals surface area contributed by atoms with Crippen LogP contribution in [0.2, 0.25) is 0 Å². The molecular formula is C31H39N3O12. The number of carbonyl (C=O) groups excluding carboxylic acids is 4. The first kappa shape index (κ1) is 35.6. The molecule has 250 valence electrons. The van der Waals surface area contributed by atoms with Crippen molar-refractivity contribution in [1.82, 2.24) is 16.0 Å². The number of hydrogen-bond acceptors (Lipinski definition) is 12. The third kappa shape index (κ3) is 9.32. The number of nitrogens with one attached hydrogen (secondary N) is 3. The first-order valence-corrected chi connectivity index (χ1v) is 14.1. The Balaban J connectivity index is 0.000000177. The summed E-state index contributed by atoms with van der Waals surface area (Å²) in [5.74, 6) is 0.600. The SMILES string of the molecule is C=C(C)OC.CC(=O)O[C@H]1C(=O)N[C@H]1c1ccco1.COC(C)(C)O[C@H]1C(=O)N[C@H]1c1ccco1.O=C1N[C@@H](c2ccco2)[C@H]1O. The number of methoxy groups -OCH3 is 2. The third-order valence-electron chi connectivity index (χ3n) is 6.69. The monoisotopic (exact) mass is 645 g/mol. The van der Waals surface area contributed by atoms with E-state index in [0.717, 1.165) is 5.76 Å². The molecule has 4 N–H and O–H groups in total. The largest absolute Gasteiger partial charge is 0.502 e. The first-order valence-electron chi connectivity index (χ1n) is 14.1. The average Bonchev–Trinajstić information content (AvgIpc) is 3.84. The van der Waals surface area contributed by atoms with E-state index in [1.165, 1.54) is 19.5 Å². The molecule has 0 radical (unpaired) electrons. The molecule has 3 aromatic heterocycles. The molecular weight excluding hydrogens is 606 g/mol. The summed E-state index contributed by atoms with van der Waals surface area (Å²) >= 11 is 0. The molecule has 3 fully saturated rings. The molecule has 6 rings (SSSR count). The number of furan rings is 3. The van der Waals surface area contributed by atoms with E-state index in [2.05, 4.69) is 27.3 Å². The van der Waals surface area contributed by atoms with E-state index < -0.39 is 30.1 Å². The Morgan fingerprint density at radius 2 is 1.20 bits per heavy atom. The van der Waals surface area contributed by atoms with Gasteiger partial charge in [0.15, 0.2) is 18.0 Å². The summed E-state index contributed by atoms with van der Waals surface area (Å²) in [6, 6.07) is 9.53. The Hall–Kier alpha value is -4.86. The maximum absolute atomic E-state index is 11.4. The molecule has 46 heavy (non-hydrogen) atoms. The molecule has 0 spiro atoms. The van der Waals surface area contributed by atoms with Gasteiger partial charge in [-0.2, -0.15) is 0 Å². The quantitative estimate of drug-likeness (QED) is 0.121. The van der Waals surface area contributed by atoms with Gasteiger partial charge in [0.1, 0.15) is 35.4 Å². The molecule has 0 saturated carbocycles. The molecule has 15 nitrogen and oxygen atoms in total. The molecule has 0 bridgehead atoms. The summed E-state index contributed by atoms with van der Waals surface area (Å²) in [7, 11) is 3.14. The third-order valence-corrected chi connectivity index (χ3v) is 6.69. The van der Waals surface area contributed by atoms with Crippen LogP contribution in [0.5, 0.6) is 0 Å². The van der Waals surface area contributed by atoms with Crippen molar-refractivity contribution >= 4 is 23.7 Å². The zero-order valence-corrected chi connectivity index (χ0v) is 26.3. The number of β-lactam (4-membered cyclic amide) rings is 3. The van der Waals surface area contributed by atoms with Gasteiger partial charge in [0, 0.05) is 14.0 Å². The van der Waals surface area contributed by atoms with Crippen LogP contribution in [0, 0.1) is 0 Å². The van der Waals surface area contributed by atoms with Crippen molar-refractivity contribution in [1.29, 1.82) is 0 Å². The van der Waals surface area contributed by atoms with Gasteiger partial charge < -0.3 is 53.3 Å². The number of aliphatic hydroxyl groups is 1. The van der Waals surface area contributed by atoms with E-state index in [0.29, 0.717) is 17.3 Å². The fourth-order valence-electron chi connectivity index (χ4n) is 3.95. The molecule has 15 heteroatoms. The number of aliphatic hydroxyl groups excluding tert-OH is 1. The van der Waals surface area contributed by atoms with E-state index >= 15 is 0 Å². The smallest absolute Gasteiger partial charge is 0.303 e. The van der Waals surface area contributed by atoms with Gasteiger partial charge in [-0.1, -0.05) is 6.58 Å². The fourth-order valence-corrected chi connectivity index (χ4v) is 3.95. The van der Waals surface area contributed by atoms with Crippen LogP contribution in [-0.2, 0) is 38.1 Å². The highest BCUT2D eigenvalue weighted by Gasteiger charge is 2.46. The van der Waals surface area contributed by atoms with Crippen LogP contribution in [-0.4, -0.2) is 67.1 Å². The molecule has 3 aliphatic rings. The van der Waals surface area contributed by atoms with Gasteiger partial charge >= 0.3 is 5.97 Å². The van der Waals surface area contributed by atoms with Gasteiger partial charge in [-0.25, -0.2) is 0 Å². The zero-order valence-electron chi connectivity index (χ0n) is 26.3. The Morgan fingerprint density at radius 3 is 1.50 bits per heavy atom. The minimum atomic E-state index is -0.943. The molecule has 3 aliphatic heterocycles. The maximum Gasteiger partial charge on any atom is 0.303 e. The van der Waals surface area contributed by atoms with E-state index in [-0.39, 0.29) is 35.8 Å². The average molecular weight is 646 g/mol. The lowest BCUT2D eigenvalue weighted by Gasteiger charge is -2.39. The van der Waals surface area contributed by atoms with Crippen molar-refractivity contribution in [3.8, 4) is 0 Å². The van der Waals surface area contributed by atoms with Crippen LogP contribution >= 0.6 is 0 Å². The highest BCUT2D eigenvalue weighted by Crippen LogP contribution is 2.31. The van der Waals surface area contributed by atoms with Gasteiger partial charge in [0.25, 0.3) is 17.7 Å². The standard InChI is InChI=1S/C11H15NO4.C9H9NO4.C7H7NO3.C4H8O/c1-11(2,14-3)16-9-8(12-10(9)13)7-5-4-6-15-7;1-5(11)14-8-7(10-9(8)12)6-3-2-4-13-6;9-6-5(8-7(6)10)4-2-1-3-11-4;1-4(2)5-3/h4-6,8-9H,1-3H3,(H,12,13);2-4,7-8H,1H3,(H,10,12);1-3,5-6,9H,(H,8,10);1H2,2-3H3/t8-,9+;7-,8+;5-,6+;/m000./s1. The van der Waals surface area contributed by atoms with Crippen molar-refractivity contribution in [2.45, 2.75) is 69.9 Å². The number of amides is 3.